The molecule has 0 amide bonds. The summed E-state index contributed by atoms with van der Waals surface area (Å²) in [6, 6.07) is 32.6. The first-order valence-electron chi connectivity index (χ1n) is 15.9. The predicted molar refractivity (Wildman–Crippen MR) is 184 cm³/mol. The topological polar surface area (TPSA) is 22.6 Å². The van der Waals surface area contributed by atoms with Gasteiger partial charge in [0.25, 0.3) is 0 Å². The fourth-order valence-corrected chi connectivity index (χ4v) is 6.90. The molecule has 4 nitrogen and oxygen atoms in total. The SMILES string of the molecule is CC(C)N1CN(c2[c-]c(C(C)(C)c3[c-]c4c(cc3)C3C=CC=CC3N4c3cc(C(C)(C)C)ccn3)ccc2)c2ccccc21.[Pt+2]. The molecule has 1 aromatic heterocycles. The molecule has 2 unspecified atom stereocenters. The van der Waals surface area contributed by atoms with Crippen LogP contribution in [-0.4, -0.2) is 23.7 Å². The van der Waals surface area contributed by atoms with Gasteiger partial charge in [0.1, 0.15) is 5.82 Å². The number of nitrogens with zero attached hydrogens (tertiary/aromatic N) is 4. The Kier molecular flexibility index (Phi) is 8.11. The number of rotatable bonds is 5. The first kappa shape index (κ1) is 31.4. The van der Waals surface area contributed by atoms with Crippen molar-refractivity contribution < 1.29 is 21.1 Å². The van der Waals surface area contributed by atoms with Crippen LogP contribution < -0.4 is 14.7 Å². The zero-order chi connectivity index (χ0) is 30.8. The van der Waals surface area contributed by atoms with Gasteiger partial charge in [-0.2, -0.15) is 47.5 Å². The van der Waals surface area contributed by atoms with Gasteiger partial charge in [-0.05, 0) is 60.4 Å². The third-order valence-corrected chi connectivity index (χ3v) is 9.63. The molecule has 3 aliphatic rings. The number of aromatic nitrogens is 1. The Morgan fingerprint density at radius 1 is 0.822 bits per heavy atom. The third kappa shape index (κ3) is 5.36. The molecule has 45 heavy (non-hydrogen) atoms. The van der Waals surface area contributed by atoms with Crippen molar-refractivity contribution in [3.63, 3.8) is 0 Å². The van der Waals surface area contributed by atoms with Gasteiger partial charge in [0.05, 0.1) is 24.1 Å². The quantitative estimate of drug-likeness (QED) is 0.189. The van der Waals surface area contributed by atoms with E-state index >= 15 is 0 Å². The summed E-state index contributed by atoms with van der Waals surface area (Å²) in [5.41, 5.74) is 9.36. The van der Waals surface area contributed by atoms with Gasteiger partial charge in [0.2, 0.25) is 0 Å². The van der Waals surface area contributed by atoms with Gasteiger partial charge in [-0.15, -0.1) is 11.6 Å². The molecule has 4 aromatic rings. The zero-order valence-corrected chi connectivity index (χ0v) is 29.6. The molecule has 3 heterocycles. The van der Waals surface area contributed by atoms with E-state index in [9.17, 15) is 0 Å². The Hall–Kier alpha value is -3.62. The maximum Gasteiger partial charge on any atom is 2.00 e. The summed E-state index contributed by atoms with van der Waals surface area (Å²) < 4.78 is 0. The Balaban J connectivity index is 0.00000357. The summed E-state index contributed by atoms with van der Waals surface area (Å²) in [5, 5.41) is 0. The predicted octanol–water partition coefficient (Wildman–Crippen LogP) is 9.36. The summed E-state index contributed by atoms with van der Waals surface area (Å²) in [7, 11) is 0. The Bertz CT molecular complexity index is 1780. The summed E-state index contributed by atoms with van der Waals surface area (Å²) in [4.78, 5) is 12.1. The van der Waals surface area contributed by atoms with Crippen LogP contribution in [0.25, 0.3) is 0 Å². The molecule has 232 valence electrons. The monoisotopic (exact) mass is 773 g/mol. The zero-order valence-electron chi connectivity index (χ0n) is 27.3. The van der Waals surface area contributed by atoms with Gasteiger partial charge in [-0.3, -0.25) is 0 Å². The smallest absolute Gasteiger partial charge is 0.349 e. The Morgan fingerprint density at radius 2 is 1.56 bits per heavy atom. The van der Waals surface area contributed by atoms with Gasteiger partial charge >= 0.3 is 21.1 Å². The van der Waals surface area contributed by atoms with Crippen LogP contribution in [0.2, 0.25) is 0 Å². The van der Waals surface area contributed by atoms with E-state index in [0.717, 1.165) is 35.0 Å². The van der Waals surface area contributed by atoms with Crippen LogP contribution in [0.3, 0.4) is 0 Å². The number of pyridine rings is 1. The van der Waals surface area contributed by atoms with Crippen molar-refractivity contribution in [1.82, 2.24) is 4.98 Å². The summed E-state index contributed by atoms with van der Waals surface area (Å²) in [5.74, 6) is 1.26. The third-order valence-electron chi connectivity index (χ3n) is 9.63. The van der Waals surface area contributed by atoms with E-state index in [1.54, 1.807) is 0 Å². The molecule has 2 aliphatic heterocycles. The van der Waals surface area contributed by atoms with Crippen LogP contribution in [-0.2, 0) is 31.9 Å². The van der Waals surface area contributed by atoms with Crippen molar-refractivity contribution in [2.24, 2.45) is 0 Å². The number of benzene rings is 3. The molecule has 5 heteroatoms. The second kappa shape index (κ2) is 11.6. The number of hydrogen-bond acceptors (Lipinski definition) is 4. The molecule has 0 radical (unpaired) electrons. The van der Waals surface area contributed by atoms with Crippen LogP contribution in [0, 0.1) is 12.1 Å². The second-order valence-electron chi connectivity index (χ2n) is 14.2. The molecule has 7 rings (SSSR count). The second-order valence-corrected chi connectivity index (χ2v) is 14.2. The van der Waals surface area contributed by atoms with E-state index in [0.29, 0.717) is 6.04 Å². The Labute approximate surface area is 283 Å². The van der Waals surface area contributed by atoms with E-state index in [4.69, 9.17) is 4.98 Å². The normalized spacial score (nSPS) is 18.6. The van der Waals surface area contributed by atoms with Crippen molar-refractivity contribution in [1.29, 1.82) is 0 Å². The van der Waals surface area contributed by atoms with Crippen LogP contribution in [0.5, 0.6) is 0 Å². The minimum absolute atomic E-state index is 0. The van der Waals surface area contributed by atoms with Crippen LogP contribution >= 0.6 is 0 Å². The fraction of sp³-hybridized carbons (Fsp3) is 0.325. The molecule has 0 fully saturated rings. The standard InChI is InChI=1S/C40H42N4.Pt/c1-27(2)42-26-43(36-18-11-10-17-35(36)42)31-14-12-13-29(23-31)40(6,7)30-19-20-33-32-15-8-9-16-34(32)44(37(33)24-30)38-25-28(21-22-41-38)39(3,4)5;/h8-22,25,27,32,34H,26H2,1-7H3;/q-2;+2. The molecule has 0 spiro atoms. The molecule has 0 bridgehead atoms. The number of hydrogen-bond donors (Lipinski definition) is 0. The molecular formula is C40H42N4Pt. The van der Waals surface area contributed by atoms with Gasteiger partial charge in [0.15, 0.2) is 0 Å². The van der Waals surface area contributed by atoms with Crippen molar-refractivity contribution >= 4 is 28.6 Å². The largest absolute Gasteiger partial charge is 2.00 e. The molecular weight excluding hydrogens is 732 g/mol. The minimum Gasteiger partial charge on any atom is -0.349 e. The van der Waals surface area contributed by atoms with Crippen LogP contribution in [0.1, 0.15) is 76.6 Å². The average Bonchev–Trinajstić information content (AvgIpc) is 3.57. The number of para-hydroxylation sites is 2. The van der Waals surface area contributed by atoms with Crippen molar-refractivity contribution in [3.05, 3.63) is 132 Å². The van der Waals surface area contributed by atoms with Crippen molar-refractivity contribution in [2.75, 3.05) is 21.4 Å². The van der Waals surface area contributed by atoms with E-state index in [1.165, 1.54) is 22.5 Å². The fourth-order valence-electron chi connectivity index (χ4n) is 6.90. The van der Waals surface area contributed by atoms with E-state index in [2.05, 4.69) is 166 Å². The summed E-state index contributed by atoms with van der Waals surface area (Å²) >= 11 is 0. The molecule has 0 N–H and O–H groups in total. The van der Waals surface area contributed by atoms with E-state index in [-0.39, 0.29) is 43.9 Å². The van der Waals surface area contributed by atoms with Crippen LogP contribution in [0.15, 0.2) is 97.2 Å². The summed E-state index contributed by atoms with van der Waals surface area (Å²) in [6.45, 7) is 16.7. The van der Waals surface area contributed by atoms with Gasteiger partial charge in [-0.25, -0.2) is 4.98 Å². The van der Waals surface area contributed by atoms with Gasteiger partial charge < -0.3 is 14.7 Å². The maximum absolute atomic E-state index is 4.90. The summed E-state index contributed by atoms with van der Waals surface area (Å²) in [6.07, 6.45) is 10.9. The minimum atomic E-state index is -0.312. The Morgan fingerprint density at radius 3 is 2.31 bits per heavy atom. The average molecular weight is 774 g/mol. The molecule has 3 aromatic carbocycles. The van der Waals surface area contributed by atoms with Crippen molar-refractivity contribution in [2.45, 2.75) is 77.3 Å². The van der Waals surface area contributed by atoms with Crippen LogP contribution in [0.4, 0.5) is 28.6 Å². The number of allylic oxidation sites excluding steroid dienone is 2. The van der Waals surface area contributed by atoms with Gasteiger partial charge in [0, 0.05) is 12.2 Å². The maximum atomic E-state index is 4.90. The van der Waals surface area contributed by atoms with E-state index in [1.807, 2.05) is 6.20 Å². The van der Waals surface area contributed by atoms with E-state index < -0.39 is 0 Å². The molecule has 2 atom stereocenters. The van der Waals surface area contributed by atoms with Gasteiger partial charge in [-0.1, -0.05) is 82.4 Å². The molecule has 0 saturated carbocycles. The number of fused-ring (bicyclic) bond motifs is 4. The van der Waals surface area contributed by atoms with Crippen molar-refractivity contribution in [3.8, 4) is 0 Å². The molecule has 1 aliphatic carbocycles. The first-order chi connectivity index (χ1) is 21.0. The first-order valence-corrected chi connectivity index (χ1v) is 15.9. The number of anilines is 5. The molecule has 0 saturated heterocycles.